The summed E-state index contributed by atoms with van der Waals surface area (Å²) < 4.78 is 7.13. The summed E-state index contributed by atoms with van der Waals surface area (Å²) in [7, 11) is 3.58. The first-order valence-electron chi connectivity index (χ1n) is 3.85. The molecule has 1 aromatic rings. The Morgan fingerprint density at radius 2 is 1.79 bits per heavy atom. The van der Waals surface area contributed by atoms with E-state index in [1.54, 1.807) is 7.11 Å². The first kappa shape index (κ1) is 14.2. The van der Waals surface area contributed by atoms with E-state index in [-0.39, 0.29) is 12.4 Å². The Kier molecular flexibility index (Phi) is 6.78. The van der Waals surface area contributed by atoms with Crippen LogP contribution in [0.15, 0.2) is 21.1 Å². The van der Waals surface area contributed by atoms with Crippen LogP contribution in [0.2, 0.25) is 0 Å². The van der Waals surface area contributed by atoms with E-state index in [2.05, 4.69) is 37.2 Å². The fraction of sp³-hybridized carbons (Fsp3) is 0.333. The van der Waals surface area contributed by atoms with Crippen LogP contribution < -0.4 is 10.1 Å². The monoisotopic (exact) mass is 343 g/mol. The van der Waals surface area contributed by atoms with Gasteiger partial charge in [-0.3, -0.25) is 0 Å². The molecule has 0 aromatic heterocycles. The molecule has 0 fully saturated rings. The van der Waals surface area contributed by atoms with E-state index in [9.17, 15) is 0 Å². The van der Waals surface area contributed by atoms with Crippen LogP contribution in [0.4, 0.5) is 0 Å². The van der Waals surface area contributed by atoms with Crippen LogP contribution in [0.3, 0.4) is 0 Å². The van der Waals surface area contributed by atoms with Crippen molar-refractivity contribution in [1.82, 2.24) is 5.32 Å². The zero-order valence-corrected chi connectivity index (χ0v) is 11.9. The van der Waals surface area contributed by atoms with Crippen LogP contribution in [0.25, 0.3) is 0 Å². The van der Waals surface area contributed by atoms with Gasteiger partial charge in [0.05, 0.1) is 16.1 Å². The van der Waals surface area contributed by atoms with Gasteiger partial charge in [-0.15, -0.1) is 12.4 Å². The smallest absolute Gasteiger partial charge is 0.147 e. The highest BCUT2D eigenvalue weighted by Crippen LogP contribution is 2.34. The maximum absolute atomic E-state index is 5.19. The Morgan fingerprint density at radius 3 is 2.14 bits per heavy atom. The predicted octanol–water partition coefficient (Wildman–Crippen LogP) is 3.36. The van der Waals surface area contributed by atoms with Crippen molar-refractivity contribution < 1.29 is 4.74 Å². The van der Waals surface area contributed by atoms with Gasteiger partial charge in [-0.25, -0.2) is 0 Å². The van der Waals surface area contributed by atoms with Crippen LogP contribution in [-0.2, 0) is 6.54 Å². The highest BCUT2D eigenvalue weighted by Gasteiger charge is 2.06. The Hall–Kier alpha value is 0.230. The summed E-state index contributed by atoms with van der Waals surface area (Å²) in [6.07, 6.45) is 0. The summed E-state index contributed by atoms with van der Waals surface area (Å²) in [5.74, 6) is 0.833. The summed E-state index contributed by atoms with van der Waals surface area (Å²) in [6.45, 7) is 0.848. The lowest BCUT2D eigenvalue weighted by atomic mass is 10.2. The third kappa shape index (κ3) is 3.42. The summed E-state index contributed by atoms with van der Waals surface area (Å²) in [4.78, 5) is 0. The number of hydrogen-bond donors (Lipinski definition) is 1. The average Bonchev–Trinajstić information content (AvgIpc) is 2.04. The van der Waals surface area contributed by atoms with E-state index in [1.165, 1.54) is 5.56 Å². The Labute approximate surface area is 107 Å². The van der Waals surface area contributed by atoms with Gasteiger partial charge in [0.2, 0.25) is 0 Å². The largest absolute Gasteiger partial charge is 0.494 e. The Bertz CT molecular complexity index is 284. The second-order valence-corrected chi connectivity index (χ2v) is 4.33. The van der Waals surface area contributed by atoms with Gasteiger partial charge < -0.3 is 10.1 Å². The van der Waals surface area contributed by atoms with E-state index in [4.69, 9.17) is 4.74 Å². The molecular weight excluding hydrogens is 333 g/mol. The van der Waals surface area contributed by atoms with Gasteiger partial charge in [-0.1, -0.05) is 0 Å². The molecule has 0 bridgehead atoms. The van der Waals surface area contributed by atoms with Crippen LogP contribution >= 0.6 is 44.3 Å². The molecule has 1 aromatic carbocycles. The molecule has 0 atom stereocenters. The van der Waals surface area contributed by atoms with Crippen molar-refractivity contribution in [2.24, 2.45) is 0 Å². The molecule has 14 heavy (non-hydrogen) atoms. The molecule has 5 heteroatoms. The quantitative estimate of drug-likeness (QED) is 0.907. The molecule has 0 aliphatic carbocycles. The molecule has 1 rings (SSSR count). The molecule has 1 N–H and O–H groups in total. The van der Waals surface area contributed by atoms with Crippen molar-refractivity contribution in [3.05, 3.63) is 26.6 Å². The van der Waals surface area contributed by atoms with Crippen molar-refractivity contribution >= 4 is 44.3 Å². The van der Waals surface area contributed by atoms with E-state index in [0.29, 0.717) is 0 Å². The molecule has 0 unspecified atom stereocenters. The van der Waals surface area contributed by atoms with Crippen LogP contribution in [-0.4, -0.2) is 14.2 Å². The second kappa shape index (κ2) is 6.67. The summed E-state index contributed by atoms with van der Waals surface area (Å²) >= 11 is 6.89. The molecule has 0 heterocycles. The van der Waals surface area contributed by atoms with Gasteiger partial charge in [0, 0.05) is 6.54 Å². The second-order valence-electron chi connectivity index (χ2n) is 2.62. The minimum Gasteiger partial charge on any atom is -0.494 e. The lowest BCUT2D eigenvalue weighted by Gasteiger charge is -2.08. The lowest BCUT2D eigenvalue weighted by molar-refractivity contribution is 0.409. The molecular formula is C9H12Br2ClNO. The summed E-state index contributed by atoms with van der Waals surface area (Å²) in [6, 6.07) is 4.08. The molecule has 0 saturated heterocycles. The van der Waals surface area contributed by atoms with E-state index >= 15 is 0 Å². The van der Waals surface area contributed by atoms with Crippen molar-refractivity contribution in [3.63, 3.8) is 0 Å². The highest BCUT2D eigenvalue weighted by molar-refractivity contribution is 9.11. The summed E-state index contributed by atoms with van der Waals surface area (Å²) in [5.41, 5.74) is 1.21. The third-order valence-electron chi connectivity index (χ3n) is 1.64. The molecule has 2 nitrogen and oxygen atoms in total. The van der Waals surface area contributed by atoms with Gasteiger partial charge in [0.25, 0.3) is 0 Å². The minimum atomic E-state index is 0. The van der Waals surface area contributed by atoms with Crippen LogP contribution in [0.5, 0.6) is 5.75 Å². The predicted molar refractivity (Wildman–Crippen MR) is 68.4 cm³/mol. The normalized spacial score (nSPS) is 9.43. The number of halogens is 3. The zero-order chi connectivity index (χ0) is 9.84. The fourth-order valence-electron chi connectivity index (χ4n) is 1.11. The van der Waals surface area contributed by atoms with Crippen LogP contribution in [0, 0.1) is 0 Å². The van der Waals surface area contributed by atoms with E-state index in [0.717, 1.165) is 21.2 Å². The molecule has 0 amide bonds. The van der Waals surface area contributed by atoms with Crippen molar-refractivity contribution in [1.29, 1.82) is 0 Å². The zero-order valence-electron chi connectivity index (χ0n) is 7.93. The first-order chi connectivity index (χ1) is 6.19. The van der Waals surface area contributed by atoms with Gasteiger partial charge in [0.15, 0.2) is 0 Å². The number of methoxy groups -OCH3 is 1. The molecule has 0 aliphatic rings. The van der Waals surface area contributed by atoms with Crippen molar-refractivity contribution in [2.45, 2.75) is 6.54 Å². The standard InChI is InChI=1S/C9H11Br2NO.ClH/c1-12-5-6-3-7(10)9(13-2)8(11)4-6;/h3-4,12H,5H2,1-2H3;1H. The summed E-state index contributed by atoms with van der Waals surface area (Å²) in [5, 5.41) is 3.09. The number of benzene rings is 1. The Morgan fingerprint density at radius 1 is 1.29 bits per heavy atom. The maximum atomic E-state index is 5.19. The van der Waals surface area contributed by atoms with Gasteiger partial charge >= 0.3 is 0 Å². The number of rotatable bonds is 3. The van der Waals surface area contributed by atoms with Crippen molar-refractivity contribution in [2.75, 3.05) is 14.2 Å². The van der Waals surface area contributed by atoms with Crippen molar-refractivity contribution in [3.8, 4) is 5.75 Å². The van der Waals surface area contributed by atoms with Gasteiger partial charge in [-0.2, -0.15) is 0 Å². The fourth-order valence-corrected chi connectivity index (χ4v) is 2.72. The molecule has 0 saturated carbocycles. The first-order valence-corrected chi connectivity index (χ1v) is 5.44. The third-order valence-corrected chi connectivity index (χ3v) is 2.82. The van der Waals surface area contributed by atoms with Gasteiger partial charge in [-0.05, 0) is 56.6 Å². The Balaban J connectivity index is 0.00000169. The molecule has 0 aliphatic heterocycles. The van der Waals surface area contributed by atoms with E-state index < -0.39 is 0 Å². The number of hydrogen-bond acceptors (Lipinski definition) is 2. The molecule has 0 radical (unpaired) electrons. The van der Waals surface area contributed by atoms with E-state index in [1.807, 2.05) is 19.2 Å². The maximum Gasteiger partial charge on any atom is 0.147 e. The minimum absolute atomic E-state index is 0. The lowest BCUT2D eigenvalue weighted by Crippen LogP contribution is -2.05. The average molecular weight is 345 g/mol. The molecule has 0 spiro atoms. The topological polar surface area (TPSA) is 21.3 Å². The number of ether oxygens (including phenoxy) is 1. The highest BCUT2D eigenvalue weighted by atomic mass is 79.9. The number of nitrogens with one attached hydrogen (secondary N) is 1. The van der Waals surface area contributed by atoms with Gasteiger partial charge in [0.1, 0.15) is 5.75 Å². The van der Waals surface area contributed by atoms with Crippen LogP contribution in [0.1, 0.15) is 5.56 Å². The molecule has 80 valence electrons. The SMILES string of the molecule is CNCc1cc(Br)c(OC)c(Br)c1.Cl.